The summed E-state index contributed by atoms with van der Waals surface area (Å²) in [5.41, 5.74) is 1.94. The first-order valence-electron chi connectivity index (χ1n) is 6.16. The second-order valence-corrected chi connectivity index (χ2v) is 4.30. The van der Waals surface area contributed by atoms with Gasteiger partial charge in [-0.3, -0.25) is 0 Å². The molecule has 0 spiro atoms. The highest BCUT2D eigenvalue weighted by Crippen LogP contribution is 2.15. The Labute approximate surface area is 115 Å². The van der Waals surface area contributed by atoms with E-state index in [1.165, 1.54) is 12.1 Å². The first kappa shape index (κ1) is 14.3. The highest BCUT2D eigenvalue weighted by molar-refractivity contribution is 5.28. The van der Waals surface area contributed by atoms with Crippen LogP contribution in [-0.4, -0.2) is 11.7 Å². The van der Waals surface area contributed by atoms with Gasteiger partial charge in [-0.15, -0.1) is 0 Å². The third-order valence-electron chi connectivity index (χ3n) is 2.72. The Kier molecular flexibility index (Phi) is 4.90. The minimum absolute atomic E-state index is 0.150. The number of ether oxygens (including phenoxy) is 1. The molecule has 0 fully saturated rings. The van der Waals surface area contributed by atoms with Crippen molar-refractivity contribution < 1.29 is 18.6 Å². The van der Waals surface area contributed by atoms with Gasteiger partial charge in [-0.25, -0.2) is 0 Å². The number of phenolic OH excluding ortho intramolecular Hbond substituents is 1. The van der Waals surface area contributed by atoms with E-state index in [9.17, 15) is 13.9 Å². The van der Waals surface area contributed by atoms with Gasteiger partial charge in [0.05, 0.1) is 0 Å². The van der Waals surface area contributed by atoms with Gasteiger partial charge in [-0.05, 0) is 35.4 Å². The minimum atomic E-state index is -2.80. The highest BCUT2D eigenvalue weighted by atomic mass is 19.3. The lowest BCUT2D eigenvalue weighted by atomic mass is 10.2. The molecule has 0 bridgehead atoms. The van der Waals surface area contributed by atoms with Crippen LogP contribution in [0.5, 0.6) is 11.5 Å². The van der Waals surface area contributed by atoms with Crippen molar-refractivity contribution in [2.24, 2.45) is 0 Å². The monoisotopic (exact) mass is 279 g/mol. The summed E-state index contributed by atoms with van der Waals surface area (Å²) in [4.78, 5) is 0. The van der Waals surface area contributed by atoms with Crippen LogP contribution >= 0.6 is 0 Å². The number of rotatable bonds is 6. The van der Waals surface area contributed by atoms with Crippen molar-refractivity contribution in [3.8, 4) is 11.5 Å². The van der Waals surface area contributed by atoms with Gasteiger partial charge in [-0.2, -0.15) is 8.78 Å². The van der Waals surface area contributed by atoms with Gasteiger partial charge in [0, 0.05) is 13.1 Å². The maximum atomic E-state index is 12.0. The second-order valence-electron chi connectivity index (χ2n) is 4.30. The van der Waals surface area contributed by atoms with Crippen molar-refractivity contribution in [1.29, 1.82) is 0 Å². The van der Waals surface area contributed by atoms with Gasteiger partial charge >= 0.3 is 6.61 Å². The maximum Gasteiger partial charge on any atom is 0.387 e. The third kappa shape index (κ3) is 4.51. The predicted molar refractivity (Wildman–Crippen MR) is 71.7 cm³/mol. The standard InChI is InChI=1S/C15H15F2NO2/c16-15(17)20-14-6-4-11(5-7-14)9-18-10-12-2-1-3-13(19)8-12/h1-8,15,18-19H,9-10H2. The lowest BCUT2D eigenvalue weighted by molar-refractivity contribution is -0.0498. The maximum absolute atomic E-state index is 12.0. The third-order valence-corrected chi connectivity index (χ3v) is 2.72. The molecule has 0 heterocycles. The Morgan fingerprint density at radius 1 is 1.00 bits per heavy atom. The zero-order valence-electron chi connectivity index (χ0n) is 10.7. The number of hydrogen-bond donors (Lipinski definition) is 2. The topological polar surface area (TPSA) is 41.5 Å². The lowest BCUT2D eigenvalue weighted by Gasteiger charge is -2.07. The fraction of sp³-hybridized carbons (Fsp3) is 0.200. The van der Waals surface area contributed by atoms with E-state index >= 15 is 0 Å². The van der Waals surface area contributed by atoms with Crippen LogP contribution in [-0.2, 0) is 13.1 Å². The molecule has 0 aliphatic carbocycles. The molecule has 0 saturated carbocycles. The van der Waals surface area contributed by atoms with Gasteiger partial charge in [-0.1, -0.05) is 24.3 Å². The first-order valence-corrected chi connectivity index (χ1v) is 6.16. The van der Waals surface area contributed by atoms with Crippen LogP contribution < -0.4 is 10.1 Å². The van der Waals surface area contributed by atoms with E-state index in [2.05, 4.69) is 10.1 Å². The van der Waals surface area contributed by atoms with Crippen molar-refractivity contribution in [2.45, 2.75) is 19.7 Å². The SMILES string of the molecule is Oc1cccc(CNCc2ccc(OC(F)F)cc2)c1. The number of halogens is 2. The van der Waals surface area contributed by atoms with Crippen molar-refractivity contribution in [3.05, 3.63) is 59.7 Å². The van der Waals surface area contributed by atoms with Gasteiger partial charge in [0.15, 0.2) is 0 Å². The zero-order chi connectivity index (χ0) is 14.4. The molecule has 0 radical (unpaired) electrons. The lowest BCUT2D eigenvalue weighted by Crippen LogP contribution is -2.12. The molecule has 5 heteroatoms. The van der Waals surface area contributed by atoms with E-state index in [1.54, 1.807) is 30.3 Å². The summed E-state index contributed by atoms with van der Waals surface area (Å²) >= 11 is 0. The first-order chi connectivity index (χ1) is 9.63. The Balaban J connectivity index is 1.82. The summed E-state index contributed by atoms with van der Waals surface area (Å²) in [6, 6.07) is 13.5. The van der Waals surface area contributed by atoms with E-state index < -0.39 is 6.61 Å². The van der Waals surface area contributed by atoms with Gasteiger partial charge < -0.3 is 15.2 Å². The van der Waals surface area contributed by atoms with Crippen LogP contribution in [0.3, 0.4) is 0 Å². The predicted octanol–water partition coefficient (Wildman–Crippen LogP) is 3.28. The molecule has 0 unspecified atom stereocenters. The molecule has 3 nitrogen and oxygen atoms in total. The normalized spacial score (nSPS) is 10.8. The summed E-state index contributed by atoms with van der Waals surface area (Å²) in [7, 11) is 0. The van der Waals surface area contributed by atoms with E-state index in [1.807, 2.05) is 6.07 Å². The summed E-state index contributed by atoms with van der Waals surface area (Å²) in [5.74, 6) is 0.384. The zero-order valence-corrected chi connectivity index (χ0v) is 10.7. The molecule has 20 heavy (non-hydrogen) atoms. The number of hydrogen-bond acceptors (Lipinski definition) is 3. The molecule has 0 aliphatic rings. The average Bonchev–Trinajstić information content (AvgIpc) is 2.40. The fourth-order valence-corrected chi connectivity index (χ4v) is 1.81. The van der Waals surface area contributed by atoms with Gasteiger partial charge in [0.25, 0.3) is 0 Å². The molecular formula is C15H15F2NO2. The number of benzene rings is 2. The highest BCUT2D eigenvalue weighted by Gasteiger charge is 2.03. The van der Waals surface area contributed by atoms with Crippen LogP contribution in [0.15, 0.2) is 48.5 Å². The Hall–Kier alpha value is -2.14. The molecule has 2 aromatic rings. The van der Waals surface area contributed by atoms with Crippen LogP contribution in [0.4, 0.5) is 8.78 Å². The van der Waals surface area contributed by atoms with Crippen LogP contribution in [0, 0.1) is 0 Å². The average molecular weight is 279 g/mol. The number of aromatic hydroxyl groups is 1. The van der Waals surface area contributed by atoms with E-state index in [-0.39, 0.29) is 11.5 Å². The summed E-state index contributed by atoms with van der Waals surface area (Å²) in [5, 5.41) is 12.5. The van der Waals surface area contributed by atoms with Crippen LogP contribution in [0.1, 0.15) is 11.1 Å². The molecule has 0 saturated heterocycles. The van der Waals surface area contributed by atoms with E-state index in [4.69, 9.17) is 0 Å². The molecule has 2 aromatic carbocycles. The largest absolute Gasteiger partial charge is 0.508 e. The van der Waals surface area contributed by atoms with E-state index in [0.717, 1.165) is 11.1 Å². The number of phenols is 1. The van der Waals surface area contributed by atoms with Crippen molar-refractivity contribution in [3.63, 3.8) is 0 Å². The minimum Gasteiger partial charge on any atom is -0.508 e. The van der Waals surface area contributed by atoms with Crippen LogP contribution in [0.25, 0.3) is 0 Å². The molecule has 0 amide bonds. The summed E-state index contributed by atoms with van der Waals surface area (Å²) in [6.45, 7) is -1.58. The van der Waals surface area contributed by atoms with Crippen LogP contribution in [0.2, 0.25) is 0 Å². The molecule has 2 N–H and O–H groups in total. The van der Waals surface area contributed by atoms with Crippen molar-refractivity contribution in [1.82, 2.24) is 5.32 Å². The van der Waals surface area contributed by atoms with Gasteiger partial charge in [0.1, 0.15) is 11.5 Å². The molecule has 0 aromatic heterocycles. The summed E-state index contributed by atoms with van der Waals surface area (Å²) < 4.78 is 28.3. The number of nitrogens with one attached hydrogen (secondary N) is 1. The van der Waals surface area contributed by atoms with Gasteiger partial charge in [0.2, 0.25) is 0 Å². The molecule has 0 aliphatic heterocycles. The smallest absolute Gasteiger partial charge is 0.387 e. The molecular weight excluding hydrogens is 264 g/mol. The second kappa shape index (κ2) is 6.86. The quantitative estimate of drug-likeness (QED) is 0.852. The Bertz CT molecular complexity index is 544. The van der Waals surface area contributed by atoms with Crippen molar-refractivity contribution in [2.75, 3.05) is 0 Å². The molecule has 0 atom stereocenters. The molecule has 2 rings (SSSR count). The Morgan fingerprint density at radius 3 is 2.35 bits per heavy atom. The number of alkyl halides is 2. The fourth-order valence-electron chi connectivity index (χ4n) is 1.81. The molecule has 106 valence electrons. The van der Waals surface area contributed by atoms with Crippen molar-refractivity contribution >= 4 is 0 Å². The van der Waals surface area contributed by atoms with E-state index in [0.29, 0.717) is 13.1 Å². The Morgan fingerprint density at radius 2 is 1.70 bits per heavy atom. The summed E-state index contributed by atoms with van der Waals surface area (Å²) in [6.07, 6.45) is 0.